The largest absolute Gasteiger partial charge is 0.496 e. The van der Waals surface area contributed by atoms with E-state index in [2.05, 4.69) is 10.2 Å². The van der Waals surface area contributed by atoms with Gasteiger partial charge in [-0.15, -0.1) is 10.2 Å². The van der Waals surface area contributed by atoms with Crippen molar-refractivity contribution in [1.82, 2.24) is 10.2 Å². The SMILES string of the molecule is COc1ccccc1C(=O)Oc1cc(Cl)nnc1Oc1ccccc1C. The number of carbonyl (C=O) groups excluding carboxylic acids is 1. The molecule has 2 aromatic carbocycles. The Bertz CT molecular complexity index is 946. The van der Waals surface area contributed by atoms with Gasteiger partial charge in [-0.2, -0.15) is 0 Å². The van der Waals surface area contributed by atoms with Crippen molar-refractivity contribution in [3.63, 3.8) is 0 Å². The Morgan fingerprint density at radius 2 is 1.65 bits per heavy atom. The van der Waals surface area contributed by atoms with Crippen LogP contribution in [0.15, 0.2) is 54.6 Å². The van der Waals surface area contributed by atoms with E-state index < -0.39 is 5.97 Å². The first-order valence-corrected chi connectivity index (χ1v) is 8.08. The molecule has 0 aliphatic rings. The van der Waals surface area contributed by atoms with Crippen molar-refractivity contribution in [2.45, 2.75) is 6.92 Å². The number of esters is 1. The van der Waals surface area contributed by atoms with Crippen LogP contribution in [0.2, 0.25) is 5.15 Å². The van der Waals surface area contributed by atoms with Gasteiger partial charge in [0.1, 0.15) is 17.1 Å². The fourth-order valence-electron chi connectivity index (χ4n) is 2.23. The van der Waals surface area contributed by atoms with Gasteiger partial charge in [0.2, 0.25) is 0 Å². The summed E-state index contributed by atoms with van der Waals surface area (Å²) in [6, 6.07) is 15.5. The molecule has 3 rings (SSSR count). The molecule has 0 N–H and O–H groups in total. The number of hydrogen-bond donors (Lipinski definition) is 0. The summed E-state index contributed by atoms with van der Waals surface area (Å²) in [5.41, 5.74) is 1.16. The summed E-state index contributed by atoms with van der Waals surface area (Å²) in [5.74, 6) is 0.433. The highest BCUT2D eigenvalue weighted by Crippen LogP contribution is 2.33. The van der Waals surface area contributed by atoms with Crippen molar-refractivity contribution in [3.05, 3.63) is 70.9 Å². The van der Waals surface area contributed by atoms with Crippen LogP contribution in [0.5, 0.6) is 23.1 Å². The maximum absolute atomic E-state index is 12.5. The van der Waals surface area contributed by atoms with Gasteiger partial charge in [-0.1, -0.05) is 41.9 Å². The van der Waals surface area contributed by atoms with Crippen LogP contribution in [0.3, 0.4) is 0 Å². The molecular weight excluding hydrogens is 356 g/mol. The predicted octanol–water partition coefficient (Wildman–Crippen LogP) is 4.46. The summed E-state index contributed by atoms with van der Waals surface area (Å²) < 4.78 is 16.4. The van der Waals surface area contributed by atoms with E-state index in [1.165, 1.54) is 13.2 Å². The van der Waals surface area contributed by atoms with Crippen LogP contribution in [0.25, 0.3) is 0 Å². The molecule has 0 aliphatic carbocycles. The number of halogens is 1. The minimum absolute atomic E-state index is 0.0342. The zero-order valence-corrected chi connectivity index (χ0v) is 14.9. The zero-order chi connectivity index (χ0) is 18.5. The Morgan fingerprint density at radius 1 is 0.962 bits per heavy atom. The molecule has 0 amide bonds. The van der Waals surface area contributed by atoms with Gasteiger partial charge in [-0.25, -0.2) is 4.79 Å². The average Bonchev–Trinajstić information content (AvgIpc) is 2.65. The van der Waals surface area contributed by atoms with E-state index in [0.29, 0.717) is 11.5 Å². The third-order valence-corrected chi connectivity index (χ3v) is 3.71. The van der Waals surface area contributed by atoms with Crippen LogP contribution in [-0.2, 0) is 0 Å². The molecule has 132 valence electrons. The number of carbonyl (C=O) groups is 1. The topological polar surface area (TPSA) is 70.5 Å². The number of aromatic nitrogens is 2. The number of para-hydroxylation sites is 2. The second-order valence-corrected chi connectivity index (χ2v) is 5.68. The van der Waals surface area contributed by atoms with Crippen LogP contribution >= 0.6 is 11.6 Å². The molecule has 0 bridgehead atoms. The Morgan fingerprint density at radius 3 is 2.38 bits per heavy atom. The van der Waals surface area contributed by atoms with E-state index in [-0.39, 0.29) is 22.3 Å². The molecule has 26 heavy (non-hydrogen) atoms. The van der Waals surface area contributed by atoms with Crippen LogP contribution < -0.4 is 14.2 Å². The second kappa shape index (κ2) is 7.84. The van der Waals surface area contributed by atoms with Crippen molar-refractivity contribution in [2.24, 2.45) is 0 Å². The molecule has 0 fully saturated rings. The van der Waals surface area contributed by atoms with Crippen molar-refractivity contribution in [1.29, 1.82) is 0 Å². The fourth-order valence-corrected chi connectivity index (χ4v) is 2.37. The van der Waals surface area contributed by atoms with Crippen molar-refractivity contribution < 1.29 is 19.0 Å². The van der Waals surface area contributed by atoms with Gasteiger partial charge in [0.15, 0.2) is 10.9 Å². The summed E-state index contributed by atoms with van der Waals surface area (Å²) in [4.78, 5) is 12.5. The number of rotatable bonds is 5. The van der Waals surface area contributed by atoms with Gasteiger partial charge in [0.25, 0.3) is 5.88 Å². The Kier molecular flexibility index (Phi) is 5.34. The van der Waals surface area contributed by atoms with E-state index in [4.69, 9.17) is 25.8 Å². The number of benzene rings is 2. The standard InChI is InChI=1S/C19H15ClN2O4/c1-12-7-3-5-9-14(12)25-18-16(11-17(20)21-22-18)26-19(23)13-8-4-6-10-15(13)24-2/h3-11H,1-2H3. The van der Waals surface area contributed by atoms with Crippen molar-refractivity contribution in [2.75, 3.05) is 7.11 Å². The second-order valence-electron chi connectivity index (χ2n) is 5.29. The van der Waals surface area contributed by atoms with Gasteiger partial charge in [-0.05, 0) is 30.7 Å². The van der Waals surface area contributed by atoms with Gasteiger partial charge >= 0.3 is 5.97 Å². The molecule has 1 heterocycles. The first-order valence-electron chi connectivity index (χ1n) is 7.70. The van der Waals surface area contributed by atoms with Crippen LogP contribution in [0, 0.1) is 6.92 Å². The number of ether oxygens (including phenoxy) is 3. The molecule has 7 heteroatoms. The summed E-state index contributed by atoms with van der Waals surface area (Å²) in [5, 5.41) is 7.72. The lowest BCUT2D eigenvalue weighted by atomic mass is 10.2. The average molecular weight is 371 g/mol. The highest BCUT2D eigenvalue weighted by Gasteiger charge is 2.19. The van der Waals surface area contributed by atoms with Crippen LogP contribution in [0.1, 0.15) is 15.9 Å². The first-order chi connectivity index (χ1) is 12.6. The monoisotopic (exact) mass is 370 g/mol. The van der Waals surface area contributed by atoms with Crippen molar-refractivity contribution >= 4 is 17.6 Å². The quantitative estimate of drug-likeness (QED) is 0.617. The fraction of sp³-hybridized carbons (Fsp3) is 0.105. The van der Waals surface area contributed by atoms with Gasteiger partial charge in [-0.3, -0.25) is 0 Å². The van der Waals surface area contributed by atoms with Gasteiger partial charge in [0, 0.05) is 6.07 Å². The molecule has 0 spiro atoms. The summed E-state index contributed by atoms with van der Waals surface area (Å²) in [7, 11) is 1.48. The van der Waals surface area contributed by atoms with Gasteiger partial charge in [0.05, 0.1) is 7.11 Å². The maximum Gasteiger partial charge on any atom is 0.347 e. The third-order valence-electron chi connectivity index (χ3n) is 3.53. The molecule has 0 radical (unpaired) electrons. The summed E-state index contributed by atoms with van der Waals surface area (Å²) >= 11 is 5.89. The minimum Gasteiger partial charge on any atom is -0.496 e. The number of aryl methyl sites for hydroxylation is 1. The number of nitrogens with zero attached hydrogens (tertiary/aromatic N) is 2. The molecule has 0 saturated carbocycles. The van der Waals surface area contributed by atoms with Crippen molar-refractivity contribution in [3.8, 4) is 23.1 Å². The molecule has 0 saturated heterocycles. The Labute approximate surface area is 155 Å². The molecule has 0 atom stereocenters. The normalized spacial score (nSPS) is 10.3. The smallest absolute Gasteiger partial charge is 0.347 e. The molecule has 0 aliphatic heterocycles. The van der Waals surface area contributed by atoms with E-state index in [9.17, 15) is 4.79 Å². The maximum atomic E-state index is 12.5. The number of hydrogen-bond acceptors (Lipinski definition) is 6. The first kappa shape index (κ1) is 17.7. The molecule has 3 aromatic rings. The van der Waals surface area contributed by atoms with E-state index in [1.54, 1.807) is 30.3 Å². The lowest BCUT2D eigenvalue weighted by Gasteiger charge is -2.12. The lowest BCUT2D eigenvalue weighted by molar-refractivity contribution is 0.0725. The molecular formula is C19H15ClN2O4. The van der Waals surface area contributed by atoms with Crippen LogP contribution in [-0.4, -0.2) is 23.3 Å². The van der Waals surface area contributed by atoms with Crippen LogP contribution in [0.4, 0.5) is 0 Å². The van der Waals surface area contributed by atoms with Gasteiger partial charge < -0.3 is 14.2 Å². The molecule has 1 aromatic heterocycles. The van der Waals surface area contributed by atoms with E-state index in [0.717, 1.165) is 5.56 Å². The summed E-state index contributed by atoms with van der Waals surface area (Å²) in [6.45, 7) is 1.89. The predicted molar refractivity (Wildman–Crippen MR) is 96.2 cm³/mol. The molecule has 6 nitrogen and oxygen atoms in total. The van der Waals surface area contributed by atoms with E-state index >= 15 is 0 Å². The zero-order valence-electron chi connectivity index (χ0n) is 14.1. The Hall–Kier alpha value is -3.12. The lowest BCUT2D eigenvalue weighted by Crippen LogP contribution is -2.11. The number of methoxy groups -OCH3 is 1. The minimum atomic E-state index is -0.624. The third kappa shape index (κ3) is 3.92. The van der Waals surface area contributed by atoms with E-state index in [1.807, 2.05) is 25.1 Å². The highest BCUT2D eigenvalue weighted by molar-refractivity contribution is 6.29. The Balaban J connectivity index is 1.91. The molecule has 0 unspecified atom stereocenters. The highest BCUT2D eigenvalue weighted by atomic mass is 35.5. The summed E-state index contributed by atoms with van der Waals surface area (Å²) in [6.07, 6.45) is 0.